The summed E-state index contributed by atoms with van der Waals surface area (Å²) in [6.07, 6.45) is 2.36. The first kappa shape index (κ1) is 30.9. The Morgan fingerprint density at radius 3 is 2.06 bits per heavy atom. The zero-order valence-corrected chi connectivity index (χ0v) is 20.2. The Kier molecular flexibility index (Phi) is 15.0. The van der Waals surface area contributed by atoms with Crippen molar-refractivity contribution in [3.63, 3.8) is 0 Å². The first-order valence-electron chi connectivity index (χ1n) is 10.6. The van der Waals surface area contributed by atoms with E-state index in [2.05, 4.69) is 20.9 Å². The summed E-state index contributed by atoms with van der Waals surface area (Å²) in [5.74, 6) is -3.47. The van der Waals surface area contributed by atoms with Crippen LogP contribution in [-0.2, 0) is 24.0 Å². The lowest BCUT2D eigenvalue weighted by atomic mass is 10.1. The number of nitrogens with one attached hydrogen (secondary N) is 3. The van der Waals surface area contributed by atoms with Gasteiger partial charge in [0.15, 0.2) is 5.96 Å². The summed E-state index contributed by atoms with van der Waals surface area (Å²) in [6.45, 7) is 1.58. The van der Waals surface area contributed by atoms with Crippen LogP contribution in [0.1, 0.15) is 39.0 Å². The summed E-state index contributed by atoms with van der Waals surface area (Å²) in [6, 6.07) is -4.33. The van der Waals surface area contributed by atoms with E-state index in [0.29, 0.717) is 12.2 Å². The molecule has 194 valence electrons. The molecule has 34 heavy (non-hydrogen) atoms. The Morgan fingerprint density at radius 1 is 0.912 bits per heavy atom. The summed E-state index contributed by atoms with van der Waals surface area (Å²) in [7, 11) is 0. The number of carboxylic acids is 1. The van der Waals surface area contributed by atoms with Crippen LogP contribution in [0, 0.1) is 0 Å². The number of thioether (sulfide) groups is 1. The van der Waals surface area contributed by atoms with E-state index in [0.717, 1.165) is 0 Å². The van der Waals surface area contributed by atoms with E-state index in [9.17, 15) is 29.1 Å². The lowest BCUT2D eigenvalue weighted by Gasteiger charge is -2.23. The van der Waals surface area contributed by atoms with Gasteiger partial charge in [-0.1, -0.05) is 0 Å². The van der Waals surface area contributed by atoms with Gasteiger partial charge in [-0.05, 0) is 44.6 Å². The first-order valence-corrected chi connectivity index (χ1v) is 12.0. The number of nitrogens with two attached hydrogens (primary N) is 4. The Labute approximate surface area is 202 Å². The van der Waals surface area contributed by atoms with Crippen LogP contribution in [0.15, 0.2) is 4.99 Å². The zero-order chi connectivity index (χ0) is 26.3. The maximum absolute atomic E-state index is 12.8. The summed E-state index contributed by atoms with van der Waals surface area (Å²) >= 11 is 1.43. The molecule has 4 atom stereocenters. The number of amides is 4. The molecule has 0 aromatic carbocycles. The molecule has 0 aliphatic rings. The van der Waals surface area contributed by atoms with Crippen LogP contribution >= 0.6 is 11.8 Å². The van der Waals surface area contributed by atoms with Gasteiger partial charge < -0.3 is 44.0 Å². The fraction of sp³-hybridized carbons (Fsp3) is 0.684. The van der Waals surface area contributed by atoms with Crippen LogP contribution in [0.3, 0.4) is 0 Å². The number of guanidine groups is 1. The van der Waals surface area contributed by atoms with Crippen molar-refractivity contribution in [1.29, 1.82) is 0 Å². The smallest absolute Gasteiger partial charge is 0.326 e. The summed E-state index contributed by atoms with van der Waals surface area (Å²) in [5, 5.41) is 16.7. The first-order chi connectivity index (χ1) is 15.9. The largest absolute Gasteiger partial charge is 0.480 e. The minimum atomic E-state index is -1.20. The minimum absolute atomic E-state index is 0.0119. The average molecular weight is 505 g/mol. The number of aliphatic imine (C=N–C) groups is 1. The Balaban J connectivity index is 5.19. The highest BCUT2D eigenvalue weighted by Crippen LogP contribution is 2.05. The van der Waals surface area contributed by atoms with E-state index < -0.39 is 53.8 Å². The fourth-order valence-corrected chi connectivity index (χ4v) is 3.12. The molecule has 0 saturated carbocycles. The highest BCUT2D eigenvalue weighted by Gasteiger charge is 2.28. The van der Waals surface area contributed by atoms with Gasteiger partial charge in [0.1, 0.15) is 18.1 Å². The van der Waals surface area contributed by atoms with E-state index in [1.54, 1.807) is 0 Å². The van der Waals surface area contributed by atoms with Crippen LogP contribution in [0.25, 0.3) is 0 Å². The number of carbonyl (C=O) groups is 5. The van der Waals surface area contributed by atoms with Crippen molar-refractivity contribution < 1.29 is 29.1 Å². The number of hydrogen-bond donors (Lipinski definition) is 8. The van der Waals surface area contributed by atoms with Crippen molar-refractivity contribution in [1.82, 2.24) is 16.0 Å². The molecule has 15 heteroatoms. The van der Waals surface area contributed by atoms with Gasteiger partial charge in [0.2, 0.25) is 23.6 Å². The predicted molar refractivity (Wildman–Crippen MR) is 128 cm³/mol. The second-order valence-electron chi connectivity index (χ2n) is 7.53. The number of rotatable bonds is 17. The third kappa shape index (κ3) is 13.5. The van der Waals surface area contributed by atoms with Crippen LogP contribution < -0.4 is 38.9 Å². The lowest BCUT2D eigenvalue weighted by Crippen LogP contribution is -2.56. The zero-order valence-electron chi connectivity index (χ0n) is 19.4. The van der Waals surface area contributed by atoms with Gasteiger partial charge >= 0.3 is 5.97 Å². The summed E-state index contributed by atoms with van der Waals surface area (Å²) < 4.78 is 0. The van der Waals surface area contributed by atoms with Crippen LogP contribution in [-0.4, -0.2) is 83.4 Å². The van der Waals surface area contributed by atoms with E-state index in [1.807, 2.05) is 6.26 Å². The molecule has 4 amide bonds. The average Bonchev–Trinajstić information content (AvgIpc) is 2.75. The second kappa shape index (κ2) is 16.5. The van der Waals surface area contributed by atoms with Gasteiger partial charge in [-0.2, -0.15) is 11.8 Å². The number of carboxylic acid groups (broad SMARTS) is 1. The molecule has 0 aliphatic heterocycles. The van der Waals surface area contributed by atoms with Gasteiger partial charge in [-0.3, -0.25) is 24.2 Å². The van der Waals surface area contributed by atoms with Crippen molar-refractivity contribution >= 4 is 47.3 Å². The molecular formula is C19H36N8O6S. The van der Waals surface area contributed by atoms with Gasteiger partial charge in [0.05, 0.1) is 6.04 Å². The number of nitrogens with zero attached hydrogens (tertiary/aromatic N) is 1. The molecule has 0 aromatic heterocycles. The van der Waals surface area contributed by atoms with E-state index in [4.69, 9.17) is 22.9 Å². The van der Waals surface area contributed by atoms with Crippen LogP contribution in [0.4, 0.5) is 0 Å². The van der Waals surface area contributed by atoms with E-state index in [1.165, 1.54) is 18.7 Å². The van der Waals surface area contributed by atoms with Gasteiger partial charge in [0, 0.05) is 13.0 Å². The molecule has 4 unspecified atom stereocenters. The maximum Gasteiger partial charge on any atom is 0.326 e. The highest BCUT2D eigenvalue weighted by molar-refractivity contribution is 7.98. The third-order valence-corrected chi connectivity index (χ3v) is 5.24. The minimum Gasteiger partial charge on any atom is -0.480 e. The van der Waals surface area contributed by atoms with Crippen molar-refractivity contribution in [2.24, 2.45) is 27.9 Å². The molecule has 0 heterocycles. The molecule has 0 radical (unpaired) electrons. The molecular weight excluding hydrogens is 468 g/mol. The van der Waals surface area contributed by atoms with Crippen molar-refractivity contribution in [2.45, 2.75) is 63.2 Å². The van der Waals surface area contributed by atoms with Crippen LogP contribution in [0.5, 0.6) is 0 Å². The predicted octanol–water partition coefficient (Wildman–Crippen LogP) is -3.06. The van der Waals surface area contributed by atoms with E-state index in [-0.39, 0.29) is 38.2 Å². The normalized spacial score (nSPS) is 14.1. The standard InChI is InChI=1S/C19H36N8O6S/c1-10(25-16(30)11(20)5-6-14(21)28)15(29)26-12(4-3-8-24-19(22)23)17(31)27-13(18(32)33)7-9-34-2/h10-13H,3-9,20H2,1-2H3,(H2,21,28)(H,25,30)(H,26,29)(H,27,31)(H,32,33)(H4,22,23,24). The highest BCUT2D eigenvalue weighted by atomic mass is 32.2. The van der Waals surface area contributed by atoms with Crippen LogP contribution in [0.2, 0.25) is 0 Å². The maximum atomic E-state index is 12.8. The Hall–Kier alpha value is -3.07. The molecule has 12 N–H and O–H groups in total. The Bertz CT molecular complexity index is 746. The third-order valence-electron chi connectivity index (χ3n) is 4.59. The Morgan fingerprint density at radius 2 is 1.53 bits per heavy atom. The number of primary amides is 1. The SMILES string of the molecule is CSCCC(NC(=O)C(CCCN=C(N)N)NC(=O)C(C)NC(=O)C(N)CCC(N)=O)C(=O)O. The monoisotopic (exact) mass is 504 g/mol. The number of carbonyl (C=O) groups excluding carboxylic acids is 4. The summed E-state index contributed by atoms with van der Waals surface area (Å²) in [4.78, 5) is 63.6. The van der Waals surface area contributed by atoms with Crippen molar-refractivity contribution in [3.05, 3.63) is 0 Å². The number of hydrogen-bond acceptors (Lipinski definition) is 8. The number of aliphatic carboxylic acids is 1. The van der Waals surface area contributed by atoms with Gasteiger partial charge in [-0.15, -0.1) is 0 Å². The molecule has 0 bridgehead atoms. The van der Waals surface area contributed by atoms with Gasteiger partial charge in [0.25, 0.3) is 0 Å². The quantitative estimate of drug-likeness (QED) is 0.0563. The van der Waals surface area contributed by atoms with Gasteiger partial charge in [-0.25, -0.2) is 4.79 Å². The lowest BCUT2D eigenvalue weighted by molar-refractivity contribution is -0.142. The van der Waals surface area contributed by atoms with E-state index >= 15 is 0 Å². The molecule has 0 rings (SSSR count). The second-order valence-corrected chi connectivity index (χ2v) is 8.52. The molecule has 0 aliphatic carbocycles. The van der Waals surface area contributed by atoms with Crippen molar-refractivity contribution in [2.75, 3.05) is 18.6 Å². The molecule has 0 spiro atoms. The molecule has 0 aromatic rings. The van der Waals surface area contributed by atoms with Crippen molar-refractivity contribution in [3.8, 4) is 0 Å². The molecule has 14 nitrogen and oxygen atoms in total. The fourth-order valence-electron chi connectivity index (χ4n) is 2.65. The molecule has 0 saturated heterocycles. The summed E-state index contributed by atoms with van der Waals surface area (Å²) in [5.41, 5.74) is 21.3. The topological polar surface area (TPSA) is 258 Å². The molecule has 0 fully saturated rings.